The molecule has 4 aromatic rings. The van der Waals surface area contributed by atoms with Crippen LogP contribution in [0.1, 0.15) is 65.3 Å². The van der Waals surface area contributed by atoms with E-state index in [-0.39, 0.29) is 23.4 Å². The molecule has 2 aromatic carbocycles. The number of carbonyl (C=O) groups excluding carboxylic acids is 2. The number of thiazole rings is 1. The molecule has 1 atom stereocenters. The molecule has 0 spiro atoms. The van der Waals surface area contributed by atoms with Crippen molar-refractivity contribution in [3.05, 3.63) is 94.2 Å². The third kappa shape index (κ3) is 7.89. The van der Waals surface area contributed by atoms with Crippen molar-refractivity contribution >= 4 is 46.4 Å². The first-order valence-electron chi connectivity index (χ1n) is 14.7. The predicted molar refractivity (Wildman–Crippen MR) is 175 cm³/mol. The van der Waals surface area contributed by atoms with E-state index < -0.39 is 6.04 Å². The number of imidazole rings is 1. The van der Waals surface area contributed by atoms with Crippen molar-refractivity contribution in [3.8, 4) is 11.1 Å². The summed E-state index contributed by atoms with van der Waals surface area (Å²) >= 11 is 3.23. The highest BCUT2D eigenvalue weighted by atomic mass is 32.2. The Hall–Kier alpha value is -3.56. The summed E-state index contributed by atoms with van der Waals surface area (Å²) in [6, 6.07) is 11.3. The van der Waals surface area contributed by atoms with E-state index in [1.165, 1.54) is 18.6 Å². The molecule has 0 unspecified atom stereocenters. The Morgan fingerprint density at radius 1 is 1.12 bits per heavy atom. The normalized spacial score (nSPS) is 14.9. The van der Waals surface area contributed by atoms with Gasteiger partial charge < -0.3 is 9.88 Å². The number of amides is 1. The van der Waals surface area contributed by atoms with Gasteiger partial charge in [-0.1, -0.05) is 37.5 Å². The van der Waals surface area contributed by atoms with Gasteiger partial charge in [0.15, 0.2) is 5.78 Å². The number of Topliss-reactive ketones (excluding diaryl/α,β-unsaturated/α-hetero) is 1. The molecule has 0 bridgehead atoms. The van der Waals surface area contributed by atoms with Crippen LogP contribution < -0.4 is 5.32 Å². The summed E-state index contributed by atoms with van der Waals surface area (Å²) < 4.78 is 16.0. The lowest BCUT2D eigenvalue weighted by molar-refractivity contribution is -0.125. The molecule has 9 heteroatoms. The fourth-order valence-corrected chi connectivity index (χ4v) is 6.78. The first kappa shape index (κ1) is 30.9. The monoisotopic (exact) mass is 616 g/mol. The molecule has 1 saturated carbocycles. The molecule has 2 aromatic heterocycles. The number of aromatic nitrogens is 3. The Morgan fingerprint density at radius 2 is 1.91 bits per heavy atom. The van der Waals surface area contributed by atoms with Crippen LogP contribution in [0.25, 0.3) is 22.8 Å². The van der Waals surface area contributed by atoms with E-state index in [9.17, 15) is 14.0 Å². The number of nitrogens with zero attached hydrogens (tertiary/aromatic N) is 3. The predicted octanol–water partition coefficient (Wildman–Crippen LogP) is 7.70. The molecule has 1 aliphatic carbocycles. The quantitative estimate of drug-likeness (QED) is 0.177. The Labute approximate surface area is 260 Å². The number of aryl methyl sites for hydroxylation is 1. The second-order valence-corrected chi connectivity index (χ2v) is 12.8. The minimum Gasteiger partial charge on any atom is -0.342 e. The average Bonchev–Trinajstić information content (AvgIpc) is 3.71. The van der Waals surface area contributed by atoms with Gasteiger partial charge in [-0.25, -0.2) is 14.4 Å². The van der Waals surface area contributed by atoms with Gasteiger partial charge in [0.2, 0.25) is 0 Å². The van der Waals surface area contributed by atoms with E-state index in [0.717, 1.165) is 59.0 Å². The van der Waals surface area contributed by atoms with Gasteiger partial charge in [0.05, 0.1) is 12.6 Å². The summed E-state index contributed by atoms with van der Waals surface area (Å²) in [4.78, 5) is 36.3. The minimum atomic E-state index is -0.529. The summed E-state index contributed by atoms with van der Waals surface area (Å²) in [5.41, 5.74) is 3.75. The van der Waals surface area contributed by atoms with Crippen LogP contribution in [0, 0.1) is 18.7 Å². The van der Waals surface area contributed by atoms with E-state index in [4.69, 9.17) is 0 Å². The Kier molecular flexibility index (Phi) is 10.6. The number of hydrogen-bond acceptors (Lipinski definition) is 6. The van der Waals surface area contributed by atoms with Gasteiger partial charge in [-0.3, -0.25) is 9.59 Å². The smallest absolute Gasteiger partial charge is 0.252 e. The van der Waals surface area contributed by atoms with Crippen LogP contribution in [-0.4, -0.2) is 44.3 Å². The lowest BCUT2D eigenvalue weighted by Crippen LogP contribution is -2.44. The highest BCUT2D eigenvalue weighted by Gasteiger charge is 2.30. The molecule has 6 nitrogen and oxygen atoms in total. The number of benzene rings is 2. The van der Waals surface area contributed by atoms with E-state index in [2.05, 4.69) is 25.9 Å². The zero-order valence-corrected chi connectivity index (χ0v) is 26.2. The second kappa shape index (κ2) is 14.8. The standard InChI is InChI=1S/C34H37FN4O2S2/c1-23-36-15-17-39(23)22-27(34-37-16-19-43-34)20-24-8-13-29(30(21-24)25-9-11-28(35)12-10-25)33(41)38-31(14-18-42-2)32(40)26-6-4-3-5-7-26/h8-13,15-17,19-21,26,31H,3-7,14,18,22H2,1-2H3,(H,38,41)/b27-20-/t31-/m0/s1. The number of hydrogen-bond donors (Lipinski definition) is 1. The molecule has 0 radical (unpaired) electrons. The molecule has 1 N–H and O–H groups in total. The lowest BCUT2D eigenvalue weighted by Gasteiger charge is -2.26. The molecule has 43 heavy (non-hydrogen) atoms. The van der Waals surface area contributed by atoms with Crippen LogP contribution >= 0.6 is 23.1 Å². The summed E-state index contributed by atoms with van der Waals surface area (Å²) in [5.74, 6) is 1.21. The number of thioether (sulfide) groups is 1. The fraction of sp³-hybridized carbons (Fsp3) is 0.353. The van der Waals surface area contributed by atoms with Gasteiger partial charge in [-0.15, -0.1) is 11.3 Å². The maximum atomic E-state index is 13.9. The van der Waals surface area contributed by atoms with Crippen LogP contribution in [-0.2, 0) is 11.3 Å². The molecule has 5 rings (SSSR count). The van der Waals surface area contributed by atoms with Crippen molar-refractivity contribution in [2.24, 2.45) is 5.92 Å². The molecule has 1 fully saturated rings. The topological polar surface area (TPSA) is 76.9 Å². The summed E-state index contributed by atoms with van der Waals surface area (Å²) in [5, 5.41) is 5.94. The van der Waals surface area contributed by atoms with Gasteiger partial charge in [-0.05, 0) is 85.2 Å². The van der Waals surface area contributed by atoms with Crippen LogP contribution in [0.15, 0.2) is 66.4 Å². The minimum absolute atomic E-state index is 0.00778. The number of rotatable bonds is 12. The molecular weight excluding hydrogens is 580 g/mol. The highest BCUT2D eigenvalue weighted by molar-refractivity contribution is 7.98. The zero-order valence-electron chi connectivity index (χ0n) is 24.6. The van der Waals surface area contributed by atoms with Crippen molar-refractivity contribution in [1.82, 2.24) is 19.9 Å². The molecule has 2 heterocycles. The zero-order chi connectivity index (χ0) is 30.2. The largest absolute Gasteiger partial charge is 0.342 e. The molecule has 1 aliphatic rings. The fourth-order valence-electron chi connectivity index (χ4n) is 5.66. The Balaban J connectivity index is 1.49. The van der Waals surface area contributed by atoms with Crippen molar-refractivity contribution in [1.29, 1.82) is 0 Å². The molecule has 0 aliphatic heterocycles. The van der Waals surface area contributed by atoms with E-state index in [1.54, 1.807) is 53.7 Å². The summed E-state index contributed by atoms with van der Waals surface area (Å²) in [6.07, 6.45) is 15.3. The van der Waals surface area contributed by atoms with Crippen molar-refractivity contribution in [2.45, 2.75) is 58.0 Å². The SMILES string of the molecule is CSCC[C@H](NC(=O)c1ccc(/C=C(/Cn2ccnc2C)c2nccs2)cc1-c1ccc(F)cc1)C(=O)C1CCCCC1. The first-order valence-corrected chi connectivity index (χ1v) is 17.0. The molecule has 1 amide bonds. The van der Waals surface area contributed by atoms with Gasteiger partial charge in [0.1, 0.15) is 16.6 Å². The number of carbonyl (C=O) groups is 2. The average molecular weight is 617 g/mol. The third-order valence-corrected chi connectivity index (χ3v) is 9.52. The van der Waals surface area contributed by atoms with Gasteiger partial charge in [0, 0.05) is 41.0 Å². The highest BCUT2D eigenvalue weighted by Crippen LogP contribution is 2.30. The lowest BCUT2D eigenvalue weighted by atomic mass is 9.83. The van der Waals surface area contributed by atoms with Crippen LogP contribution in [0.3, 0.4) is 0 Å². The van der Waals surface area contributed by atoms with Crippen molar-refractivity contribution in [3.63, 3.8) is 0 Å². The summed E-state index contributed by atoms with van der Waals surface area (Å²) in [6.45, 7) is 2.55. The maximum Gasteiger partial charge on any atom is 0.252 e. The molecular formula is C34H37FN4O2S2. The first-order chi connectivity index (χ1) is 20.9. The Morgan fingerprint density at radius 3 is 2.58 bits per heavy atom. The number of allylic oxidation sites excluding steroid dienone is 1. The molecule has 224 valence electrons. The van der Waals surface area contributed by atoms with Crippen molar-refractivity contribution in [2.75, 3.05) is 12.0 Å². The van der Waals surface area contributed by atoms with E-state index in [0.29, 0.717) is 24.1 Å². The van der Waals surface area contributed by atoms with Gasteiger partial charge in [0.25, 0.3) is 5.91 Å². The third-order valence-electron chi connectivity index (χ3n) is 8.02. The second-order valence-electron chi connectivity index (χ2n) is 11.0. The van der Waals surface area contributed by atoms with Crippen LogP contribution in [0.2, 0.25) is 0 Å². The van der Waals surface area contributed by atoms with Crippen LogP contribution in [0.4, 0.5) is 4.39 Å². The number of nitrogens with one attached hydrogen (secondary N) is 1. The Bertz CT molecular complexity index is 1560. The number of halogens is 1. The van der Waals surface area contributed by atoms with Crippen molar-refractivity contribution < 1.29 is 14.0 Å². The van der Waals surface area contributed by atoms with E-state index in [1.807, 2.05) is 36.9 Å². The molecule has 0 saturated heterocycles. The number of ketones is 1. The van der Waals surface area contributed by atoms with Crippen LogP contribution in [0.5, 0.6) is 0 Å². The van der Waals surface area contributed by atoms with Gasteiger partial charge in [-0.2, -0.15) is 11.8 Å². The summed E-state index contributed by atoms with van der Waals surface area (Å²) in [7, 11) is 0. The van der Waals surface area contributed by atoms with Gasteiger partial charge >= 0.3 is 0 Å². The van der Waals surface area contributed by atoms with E-state index >= 15 is 0 Å². The maximum absolute atomic E-state index is 13.9.